The molecule has 1 aromatic carbocycles. The minimum absolute atomic E-state index is 0.245. The molecule has 0 amide bonds. The van der Waals surface area contributed by atoms with Gasteiger partial charge in [-0.15, -0.1) is 0 Å². The van der Waals surface area contributed by atoms with Crippen LogP contribution in [0.1, 0.15) is 18.4 Å². The summed E-state index contributed by atoms with van der Waals surface area (Å²) >= 11 is 5.52. The number of methoxy groups -OCH3 is 1. The summed E-state index contributed by atoms with van der Waals surface area (Å²) in [6.07, 6.45) is 0.491. The average Bonchev–Trinajstić information content (AvgIpc) is 3.04. The molecule has 1 aliphatic rings. The van der Waals surface area contributed by atoms with Crippen molar-refractivity contribution in [2.45, 2.75) is 18.3 Å². The number of hydrogen-bond donors (Lipinski definition) is 1. The smallest absolute Gasteiger partial charge is 0.314 e. The molecular weight excluding hydrogens is 254 g/mol. The molecule has 92 valence electrons. The monoisotopic (exact) mass is 262 g/mol. The molecule has 1 aliphatic carbocycles. The molecule has 1 aromatic rings. The van der Waals surface area contributed by atoms with E-state index < -0.39 is 28.0 Å². The van der Waals surface area contributed by atoms with Gasteiger partial charge in [0, 0.05) is 0 Å². The highest BCUT2D eigenvalue weighted by atomic mass is 35.5. The Hall–Kier alpha value is -1.36. The molecule has 0 aromatic heterocycles. The maximum atomic E-state index is 13.9. The summed E-state index contributed by atoms with van der Waals surface area (Å²) in [4.78, 5) is 11.1. The van der Waals surface area contributed by atoms with Crippen LogP contribution in [-0.2, 0) is 10.2 Å². The summed E-state index contributed by atoms with van der Waals surface area (Å²) in [6, 6.07) is 0.775. The van der Waals surface area contributed by atoms with E-state index in [1.54, 1.807) is 0 Å². The number of carbonyl (C=O) groups is 1. The zero-order valence-electron chi connectivity index (χ0n) is 8.89. The van der Waals surface area contributed by atoms with E-state index in [0.717, 1.165) is 13.2 Å². The molecule has 1 fully saturated rings. The van der Waals surface area contributed by atoms with Crippen molar-refractivity contribution in [3.05, 3.63) is 28.3 Å². The molecule has 1 saturated carbocycles. The lowest BCUT2D eigenvalue weighted by Gasteiger charge is -2.17. The number of halogens is 3. The van der Waals surface area contributed by atoms with Crippen LogP contribution in [0.3, 0.4) is 0 Å². The second-order valence-electron chi connectivity index (χ2n) is 3.95. The zero-order chi connectivity index (χ0) is 12.8. The Morgan fingerprint density at radius 2 is 2.12 bits per heavy atom. The third kappa shape index (κ3) is 1.65. The minimum atomic E-state index is -1.40. The third-order valence-corrected chi connectivity index (χ3v) is 3.24. The van der Waals surface area contributed by atoms with Gasteiger partial charge in [0.25, 0.3) is 0 Å². The molecule has 1 N–H and O–H groups in total. The van der Waals surface area contributed by atoms with Crippen molar-refractivity contribution in [3.8, 4) is 5.75 Å². The number of benzene rings is 1. The summed E-state index contributed by atoms with van der Waals surface area (Å²) in [7, 11) is 1.16. The maximum Gasteiger partial charge on any atom is 0.314 e. The molecule has 0 radical (unpaired) electrons. The largest absolute Gasteiger partial charge is 0.493 e. The fourth-order valence-corrected chi connectivity index (χ4v) is 2.09. The Morgan fingerprint density at radius 3 is 2.53 bits per heavy atom. The summed E-state index contributed by atoms with van der Waals surface area (Å²) in [5.41, 5.74) is -1.70. The van der Waals surface area contributed by atoms with Crippen molar-refractivity contribution in [1.29, 1.82) is 0 Å². The molecule has 17 heavy (non-hydrogen) atoms. The van der Waals surface area contributed by atoms with Crippen LogP contribution in [-0.4, -0.2) is 18.2 Å². The second kappa shape index (κ2) is 3.84. The molecule has 0 saturated heterocycles. The fraction of sp³-hybridized carbons (Fsp3) is 0.364. The first kappa shape index (κ1) is 12.1. The van der Waals surface area contributed by atoms with Crippen molar-refractivity contribution in [2.24, 2.45) is 0 Å². The van der Waals surface area contributed by atoms with E-state index in [1.807, 2.05) is 0 Å². The summed E-state index contributed by atoms with van der Waals surface area (Å²) in [6.45, 7) is 0. The van der Waals surface area contributed by atoms with E-state index in [2.05, 4.69) is 0 Å². The molecule has 0 aliphatic heterocycles. The van der Waals surface area contributed by atoms with Crippen molar-refractivity contribution < 1.29 is 23.4 Å². The van der Waals surface area contributed by atoms with E-state index in [-0.39, 0.29) is 24.2 Å². The maximum absolute atomic E-state index is 13.9. The Labute approximate surface area is 101 Å². The Morgan fingerprint density at radius 1 is 1.53 bits per heavy atom. The first-order chi connectivity index (χ1) is 7.94. The highest BCUT2D eigenvalue weighted by Crippen LogP contribution is 2.53. The van der Waals surface area contributed by atoms with E-state index in [4.69, 9.17) is 21.4 Å². The highest BCUT2D eigenvalue weighted by molar-refractivity contribution is 6.31. The van der Waals surface area contributed by atoms with Crippen LogP contribution < -0.4 is 4.74 Å². The number of carboxylic acid groups (broad SMARTS) is 1. The quantitative estimate of drug-likeness (QED) is 0.852. The normalized spacial score (nSPS) is 16.7. The van der Waals surface area contributed by atoms with Gasteiger partial charge < -0.3 is 9.84 Å². The zero-order valence-corrected chi connectivity index (χ0v) is 9.65. The van der Waals surface area contributed by atoms with Gasteiger partial charge in [-0.05, 0) is 18.9 Å². The van der Waals surface area contributed by atoms with Gasteiger partial charge in [0.15, 0.2) is 11.6 Å². The number of hydrogen-bond acceptors (Lipinski definition) is 2. The first-order valence-corrected chi connectivity index (χ1v) is 5.27. The number of aliphatic carboxylic acids is 1. The Balaban J connectivity index is 2.71. The van der Waals surface area contributed by atoms with Gasteiger partial charge in [-0.1, -0.05) is 11.6 Å². The van der Waals surface area contributed by atoms with E-state index >= 15 is 0 Å². The van der Waals surface area contributed by atoms with Crippen LogP contribution in [0, 0.1) is 11.6 Å². The third-order valence-electron chi connectivity index (χ3n) is 2.97. The molecule has 6 heteroatoms. The van der Waals surface area contributed by atoms with E-state index in [9.17, 15) is 13.6 Å². The van der Waals surface area contributed by atoms with Crippen LogP contribution >= 0.6 is 11.6 Å². The van der Waals surface area contributed by atoms with Crippen molar-refractivity contribution in [1.82, 2.24) is 0 Å². The Kier molecular flexibility index (Phi) is 2.73. The second-order valence-corrected chi connectivity index (χ2v) is 4.36. The topological polar surface area (TPSA) is 46.5 Å². The van der Waals surface area contributed by atoms with Crippen molar-refractivity contribution in [2.75, 3.05) is 7.11 Å². The lowest BCUT2D eigenvalue weighted by molar-refractivity contribution is -0.140. The molecular formula is C11H9ClF2O3. The summed E-state index contributed by atoms with van der Waals surface area (Å²) < 4.78 is 32.2. The lowest BCUT2D eigenvalue weighted by atomic mass is 9.94. The molecule has 0 heterocycles. The minimum Gasteiger partial charge on any atom is -0.493 e. The molecule has 2 rings (SSSR count). The Bertz CT molecular complexity index is 498. The van der Waals surface area contributed by atoms with Gasteiger partial charge in [0.05, 0.1) is 23.1 Å². The molecule has 0 unspecified atom stereocenters. The van der Waals surface area contributed by atoms with E-state index in [1.165, 1.54) is 0 Å². The highest BCUT2D eigenvalue weighted by Gasteiger charge is 2.55. The molecule has 0 atom stereocenters. The van der Waals surface area contributed by atoms with Crippen LogP contribution in [0.5, 0.6) is 5.75 Å². The average molecular weight is 263 g/mol. The first-order valence-electron chi connectivity index (χ1n) is 4.89. The molecule has 0 bridgehead atoms. The van der Waals surface area contributed by atoms with Gasteiger partial charge in [0.1, 0.15) is 5.82 Å². The number of rotatable bonds is 3. The van der Waals surface area contributed by atoms with Gasteiger partial charge in [-0.3, -0.25) is 4.79 Å². The summed E-state index contributed by atoms with van der Waals surface area (Å²) in [5.74, 6) is -3.37. The van der Waals surface area contributed by atoms with Crippen molar-refractivity contribution >= 4 is 17.6 Å². The lowest BCUT2D eigenvalue weighted by Crippen LogP contribution is -2.22. The van der Waals surface area contributed by atoms with Gasteiger partial charge >= 0.3 is 5.97 Å². The SMILES string of the molecule is COc1c(F)cc(Cl)c(F)c1C1(C(=O)O)CC1. The standard InChI is InChI=1S/C11H9ClF2O3/c1-17-9-6(13)4-5(12)8(14)7(9)11(2-3-11)10(15)16/h4H,2-3H2,1H3,(H,15,16). The molecule has 3 nitrogen and oxygen atoms in total. The van der Waals surface area contributed by atoms with Crippen LogP contribution in [0.25, 0.3) is 0 Å². The van der Waals surface area contributed by atoms with Crippen LogP contribution in [0.4, 0.5) is 8.78 Å². The predicted molar refractivity (Wildman–Crippen MR) is 56.5 cm³/mol. The van der Waals surface area contributed by atoms with E-state index in [0.29, 0.717) is 0 Å². The van der Waals surface area contributed by atoms with Crippen LogP contribution in [0.15, 0.2) is 6.07 Å². The van der Waals surface area contributed by atoms with Gasteiger partial charge in [0.2, 0.25) is 0 Å². The fourth-order valence-electron chi connectivity index (χ4n) is 1.90. The predicted octanol–water partition coefficient (Wildman–Crippen LogP) is 2.74. The van der Waals surface area contributed by atoms with Crippen molar-refractivity contribution in [3.63, 3.8) is 0 Å². The number of carboxylic acids is 1. The van der Waals surface area contributed by atoms with Gasteiger partial charge in [-0.25, -0.2) is 8.78 Å². The van der Waals surface area contributed by atoms with Crippen LogP contribution in [0.2, 0.25) is 5.02 Å². The van der Waals surface area contributed by atoms with Gasteiger partial charge in [-0.2, -0.15) is 0 Å². The molecule has 0 spiro atoms. The number of ether oxygens (including phenoxy) is 1. The summed E-state index contributed by atoms with van der Waals surface area (Å²) in [5, 5.41) is 8.66.